The van der Waals surface area contributed by atoms with E-state index in [0.717, 1.165) is 12.8 Å². The Kier molecular flexibility index (Phi) is 9.27. The quantitative estimate of drug-likeness (QED) is 0.288. The van der Waals surface area contributed by atoms with E-state index in [1.807, 2.05) is 24.3 Å². The summed E-state index contributed by atoms with van der Waals surface area (Å²) < 4.78 is 0. The van der Waals surface area contributed by atoms with Crippen molar-refractivity contribution in [2.75, 3.05) is 6.54 Å². The maximum atomic E-state index is 7.93. The highest BCUT2D eigenvalue weighted by Crippen LogP contribution is 1.90. The molecule has 0 saturated heterocycles. The standard InChI is InChI=1S/C9H14N4/c10-8-6-4-2-1-3-5-7-9-12-13-11/h1,3-4,6-7,9H,2,5,8,10H2. The van der Waals surface area contributed by atoms with Crippen LogP contribution < -0.4 is 5.73 Å². The van der Waals surface area contributed by atoms with Crippen molar-refractivity contribution in [2.45, 2.75) is 12.8 Å². The molecule has 0 aliphatic heterocycles. The van der Waals surface area contributed by atoms with Gasteiger partial charge in [0.2, 0.25) is 0 Å². The molecular formula is C9H14N4. The number of allylic oxidation sites excluding steroid dienone is 4. The molecule has 4 nitrogen and oxygen atoms in total. The van der Waals surface area contributed by atoms with Crippen molar-refractivity contribution in [3.05, 3.63) is 47.0 Å². The number of hydrogen-bond acceptors (Lipinski definition) is 2. The normalized spacial score (nSPS) is 11.5. The second-order valence-corrected chi connectivity index (χ2v) is 2.24. The van der Waals surface area contributed by atoms with Crippen molar-refractivity contribution in [1.29, 1.82) is 0 Å². The molecular weight excluding hydrogens is 164 g/mol. The maximum absolute atomic E-state index is 7.93. The lowest BCUT2D eigenvalue weighted by Crippen LogP contribution is -1.91. The van der Waals surface area contributed by atoms with Gasteiger partial charge in [0.15, 0.2) is 0 Å². The van der Waals surface area contributed by atoms with Gasteiger partial charge in [-0.25, -0.2) is 0 Å². The lowest BCUT2D eigenvalue weighted by Gasteiger charge is -1.81. The molecule has 0 aliphatic rings. The van der Waals surface area contributed by atoms with Crippen LogP contribution in [-0.4, -0.2) is 6.54 Å². The SMILES string of the molecule is [N-]=[N+]=NC=CCC=CCC=CCN. The molecule has 0 fully saturated rings. The van der Waals surface area contributed by atoms with Gasteiger partial charge in [-0.05, 0) is 24.6 Å². The third kappa shape index (κ3) is 10.5. The number of nitrogens with zero attached hydrogens (tertiary/aromatic N) is 3. The average Bonchev–Trinajstić information content (AvgIpc) is 2.16. The third-order valence-corrected chi connectivity index (χ3v) is 1.24. The first-order valence-corrected chi connectivity index (χ1v) is 4.11. The Bertz CT molecular complexity index is 234. The molecule has 0 atom stereocenters. The van der Waals surface area contributed by atoms with E-state index >= 15 is 0 Å². The molecule has 13 heavy (non-hydrogen) atoms. The van der Waals surface area contributed by atoms with Crippen LogP contribution in [0, 0.1) is 0 Å². The molecule has 2 N–H and O–H groups in total. The molecule has 0 bridgehead atoms. The largest absolute Gasteiger partial charge is 0.327 e. The van der Waals surface area contributed by atoms with Crippen molar-refractivity contribution < 1.29 is 0 Å². The Hall–Kier alpha value is -1.51. The first-order chi connectivity index (χ1) is 6.41. The van der Waals surface area contributed by atoms with E-state index in [4.69, 9.17) is 11.3 Å². The van der Waals surface area contributed by atoms with Crippen LogP contribution in [0.3, 0.4) is 0 Å². The molecule has 0 heterocycles. The summed E-state index contributed by atoms with van der Waals surface area (Å²) in [6, 6.07) is 0. The Morgan fingerprint density at radius 2 is 1.69 bits per heavy atom. The molecule has 0 rings (SSSR count). The summed E-state index contributed by atoms with van der Waals surface area (Å²) >= 11 is 0. The molecule has 0 saturated carbocycles. The Labute approximate surface area is 78.1 Å². The lowest BCUT2D eigenvalue weighted by atomic mass is 10.3. The van der Waals surface area contributed by atoms with E-state index in [1.54, 1.807) is 6.08 Å². The minimum absolute atomic E-state index is 0.588. The van der Waals surface area contributed by atoms with E-state index in [9.17, 15) is 0 Å². The Balaban J connectivity index is 3.41. The van der Waals surface area contributed by atoms with Crippen LogP contribution in [0.5, 0.6) is 0 Å². The number of hydrogen-bond donors (Lipinski definition) is 1. The molecule has 0 aromatic rings. The molecule has 70 valence electrons. The highest BCUT2D eigenvalue weighted by atomic mass is 15.1. The van der Waals surface area contributed by atoms with Crippen molar-refractivity contribution in [1.82, 2.24) is 0 Å². The number of rotatable bonds is 6. The van der Waals surface area contributed by atoms with E-state index in [0.29, 0.717) is 6.54 Å². The van der Waals surface area contributed by atoms with E-state index < -0.39 is 0 Å². The fourth-order valence-corrected chi connectivity index (χ4v) is 0.680. The lowest BCUT2D eigenvalue weighted by molar-refractivity contribution is 1.22. The summed E-state index contributed by atoms with van der Waals surface area (Å²) in [5.41, 5.74) is 13.2. The summed E-state index contributed by atoms with van der Waals surface area (Å²) in [7, 11) is 0. The van der Waals surface area contributed by atoms with Crippen molar-refractivity contribution in [2.24, 2.45) is 10.8 Å². The zero-order chi connectivity index (χ0) is 9.78. The topological polar surface area (TPSA) is 74.8 Å². The van der Waals surface area contributed by atoms with Gasteiger partial charge >= 0.3 is 0 Å². The van der Waals surface area contributed by atoms with E-state index in [1.165, 1.54) is 6.20 Å². The summed E-state index contributed by atoms with van der Waals surface area (Å²) in [6.07, 6.45) is 12.9. The second kappa shape index (κ2) is 10.5. The fourth-order valence-electron chi connectivity index (χ4n) is 0.680. The molecule has 0 amide bonds. The van der Waals surface area contributed by atoms with Gasteiger partial charge in [0.25, 0.3) is 0 Å². The molecule has 0 aliphatic carbocycles. The third-order valence-electron chi connectivity index (χ3n) is 1.24. The van der Waals surface area contributed by atoms with Crippen LogP contribution in [0.25, 0.3) is 10.4 Å². The van der Waals surface area contributed by atoms with Crippen LogP contribution >= 0.6 is 0 Å². The predicted octanol–water partition coefficient (Wildman–Crippen LogP) is 2.66. The molecule has 0 aromatic carbocycles. The highest BCUT2D eigenvalue weighted by molar-refractivity contribution is 4.96. The Morgan fingerprint density at radius 3 is 2.31 bits per heavy atom. The van der Waals surface area contributed by atoms with Crippen LogP contribution in [0.15, 0.2) is 41.7 Å². The van der Waals surface area contributed by atoms with Gasteiger partial charge in [0.1, 0.15) is 0 Å². The van der Waals surface area contributed by atoms with Crippen LogP contribution in [-0.2, 0) is 0 Å². The van der Waals surface area contributed by atoms with Crippen molar-refractivity contribution in [3.63, 3.8) is 0 Å². The van der Waals surface area contributed by atoms with Gasteiger partial charge in [-0.3, -0.25) is 0 Å². The summed E-state index contributed by atoms with van der Waals surface area (Å²) in [4.78, 5) is 2.58. The zero-order valence-corrected chi connectivity index (χ0v) is 7.50. The molecule has 4 heteroatoms. The van der Waals surface area contributed by atoms with Crippen molar-refractivity contribution >= 4 is 0 Å². The first kappa shape index (κ1) is 11.5. The predicted molar refractivity (Wildman–Crippen MR) is 54.9 cm³/mol. The summed E-state index contributed by atoms with van der Waals surface area (Å²) in [5.74, 6) is 0. The minimum atomic E-state index is 0.588. The number of azide groups is 1. The molecule has 0 unspecified atom stereocenters. The van der Waals surface area contributed by atoms with E-state index in [2.05, 4.69) is 10.0 Å². The van der Waals surface area contributed by atoms with Crippen LogP contribution in [0.4, 0.5) is 0 Å². The Morgan fingerprint density at radius 1 is 1.08 bits per heavy atom. The second-order valence-electron chi connectivity index (χ2n) is 2.24. The van der Waals surface area contributed by atoms with Crippen molar-refractivity contribution in [3.8, 4) is 0 Å². The van der Waals surface area contributed by atoms with Gasteiger partial charge in [-0.1, -0.05) is 35.5 Å². The maximum Gasteiger partial charge on any atom is 0.0106 e. The monoisotopic (exact) mass is 178 g/mol. The van der Waals surface area contributed by atoms with Crippen LogP contribution in [0.1, 0.15) is 12.8 Å². The molecule has 0 radical (unpaired) electrons. The summed E-state index contributed by atoms with van der Waals surface area (Å²) in [5, 5.41) is 3.25. The van der Waals surface area contributed by atoms with Gasteiger partial charge in [-0.15, -0.1) is 0 Å². The smallest absolute Gasteiger partial charge is 0.0106 e. The van der Waals surface area contributed by atoms with Crippen LogP contribution in [0.2, 0.25) is 0 Å². The number of nitrogens with two attached hydrogens (primary N) is 1. The first-order valence-electron chi connectivity index (χ1n) is 4.11. The highest BCUT2D eigenvalue weighted by Gasteiger charge is 1.71. The minimum Gasteiger partial charge on any atom is -0.327 e. The average molecular weight is 178 g/mol. The van der Waals surface area contributed by atoms with Gasteiger partial charge in [0.05, 0.1) is 0 Å². The fraction of sp³-hybridized carbons (Fsp3) is 0.333. The summed E-state index contributed by atoms with van der Waals surface area (Å²) in [6.45, 7) is 0.588. The molecule has 0 aromatic heterocycles. The van der Waals surface area contributed by atoms with E-state index in [-0.39, 0.29) is 0 Å². The van der Waals surface area contributed by atoms with Gasteiger partial charge in [0, 0.05) is 11.5 Å². The van der Waals surface area contributed by atoms with Gasteiger partial charge < -0.3 is 5.73 Å². The van der Waals surface area contributed by atoms with Gasteiger partial charge in [-0.2, -0.15) is 0 Å². The zero-order valence-electron chi connectivity index (χ0n) is 7.50. The molecule has 0 spiro atoms.